The van der Waals surface area contributed by atoms with Crippen molar-refractivity contribution in [1.29, 1.82) is 0 Å². The molecule has 0 aliphatic rings. The molecule has 0 spiro atoms. The fourth-order valence-electron chi connectivity index (χ4n) is 2.59. The van der Waals surface area contributed by atoms with Crippen LogP contribution in [0.15, 0.2) is 50.7 Å². The third-order valence-corrected chi connectivity index (χ3v) is 5.46. The standard InChI is InChI=1S/C16H18N4O5S/c1-19-12-6-5-11(10-13(12)20(2)16(19)22)26(23,24)18-8-7-17-15(21)14-4-3-9-25-14/h3-6,9-10,18H,7-8H2,1-2H3,(H,17,21). The van der Waals surface area contributed by atoms with Crippen LogP contribution in [0.1, 0.15) is 10.6 Å². The molecule has 2 N–H and O–H groups in total. The van der Waals surface area contributed by atoms with Crippen LogP contribution in [0.3, 0.4) is 0 Å². The summed E-state index contributed by atoms with van der Waals surface area (Å²) in [5.74, 6) is -0.266. The molecule has 0 unspecified atom stereocenters. The SMILES string of the molecule is Cn1c(=O)n(C)c2cc(S(=O)(=O)NCCNC(=O)c3ccco3)ccc21. The highest BCUT2D eigenvalue weighted by molar-refractivity contribution is 7.89. The summed E-state index contributed by atoms with van der Waals surface area (Å²) in [5, 5.41) is 2.55. The average Bonchev–Trinajstić information content (AvgIpc) is 3.23. The Labute approximate surface area is 149 Å². The molecule has 138 valence electrons. The highest BCUT2D eigenvalue weighted by Gasteiger charge is 2.17. The first-order chi connectivity index (χ1) is 12.3. The number of furan rings is 1. The molecule has 26 heavy (non-hydrogen) atoms. The van der Waals surface area contributed by atoms with Crippen molar-refractivity contribution in [1.82, 2.24) is 19.2 Å². The lowest BCUT2D eigenvalue weighted by atomic mass is 10.3. The number of nitrogens with zero attached hydrogens (tertiary/aromatic N) is 2. The molecule has 0 atom stereocenters. The number of hydrogen-bond acceptors (Lipinski definition) is 5. The average molecular weight is 378 g/mol. The van der Waals surface area contributed by atoms with Crippen LogP contribution in [-0.2, 0) is 24.1 Å². The molecule has 9 nitrogen and oxygen atoms in total. The van der Waals surface area contributed by atoms with E-state index in [2.05, 4.69) is 10.0 Å². The lowest BCUT2D eigenvalue weighted by Gasteiger charge is -2.08. The van der Waals surface area contributed by atoms with Crippen molar-refractivity contribution in [2.24, 2.45) is 14.1 Å². The van der Waals surface area contributed by atoms with Crippen LogP contribution in [0.4, 0.5) is 0 Å². The summed E-state index contributed by atoms with van der Waals surface area (Å²) < 4.78 is 35.0. The number of benzene rings is 1. The van der Waals surface area contributed by atoms with Gasteiger partial charge in [0.05, 0.1) is 22.2 Å². The molecule has 0 aliphatic heterocycles. The molecule has 1 aromatic carbocycles. The van der Waals surface area contributed by atoms with Crippen molar-refractivity contribution in [2.45, 2.75) is 4.90 Å². The smallest absolute Gasteiger partial charge is 0.328 e. The Kier molecular flexibility index (Phi) is 4.70. The maximum Gasteiger partial charge on any atom is 0.328 e. The predicted molar refractivity (Wildman–Crippen MR) is 94.4 cm³/mol. The summed E-state index contributed by atoms with van der Waals surface area (Å²) in [5.41, 5.74) is 0.928. The van der Waals surface area contributed by atoms with Crippen molar-refractivity contribution >= 4 is 27.0 Å². The van der Waals surface area contributed by atoms with E-state index in [0.717, 1.165) is 0 Å². The highest BCUT2D eigenvalue weighted by Crippen LogP contribution is 2.17. The fraction of sp³-hybridized carbons (Fsp3) is 0.250. The van der Waals surface area contributed by atoms with Crippen molar-refractivity contribution in [3.8, 4) is 0 Å². The molecule has 0 radical (unpaired) electrons. The van der Waals surface area contributed by atoms with E-state index in [9.17, 15) is 18.0 Å². The van der Waals surface area contributed by atoms with E-state index >= 15 is 0 Å². The predicted octanol–water partition coefficient (Wildman–Crippen LogP) is 0.178. The summed E-state index contributed by atoms with van der Waals surface area (Å²) >= 11 is 0. The van der Waals surface area contributed by atoms with Crippen LogP contribution in [0, 0.1) is 0 Å². The lowest BCUT2D eigenvalue weighted by Crippen LogP contribution is -2.34. The maximum absolute atomic E-state index is 12.4. The zero-order chi connectivity index (χ0) is 18.9. The minimum Gasteiger partial charge on any atom is -0.459 e. The molecular formula is C16H18N4O5S. The van der Waals surface area contributed by atoms with Crippen molar-refractivity contribution in [3.05, 3.63) is 52.8 Å². The Bertz CT molecular complexity index is 1110. The van der Waals surface area contributed by atoms with Gasteiger partial charge in [0.1, 0.15) is 0 Å². The molecule has 0 aliphatic carbocycles. The number of amides is 1. The van der Waals surface area contributed by atoms with Gasteiger partial charge < -0.3 is 9.73 Å². The Morgan fingerprint density at radius 1 is 1.12 bits per heavy atom. The minimum absolute atomic E-state index is 0.0144. The van der Waals surface area contributed by atoms with Gasteiger partial charge in [0.15, 0.2) is 5.76 Å². The Balaban J connectivity index is 1.68. The van der Waals surface area contributed by atoms with Gasteiger partial charge in [0.25, 0.3) is 5.91 Å². The number of carbonyl (C=O) groups excluding carboxylic acids is 1. The molecule has 2 heterocycles. The van der Waals surface area contributed by atoms with E-state index in [0.29, 0.717) is 11.0 Å². The third-order valence-electron chi connectivity index (χ3n) is 4.00. The Morgan fingerprint density at radius 3 is 2.54 bits per heavy atom. The molecular weight excluding hydrogens is 360 g/mol. The van der Waals surface area contributed by atoms with Gasteiger partial charge in [-0.3, -0.25) is 13.9 Å². The number of nitrogens with one attached hydrogen (secondary N) is 2. The number of aryl methyl sites for hydroxylation is 2. The van der Waals surface area contributed by atoms with E-state index in [1.807, 2.05) is 0 Å². The van der Waals surface area contributed by atoms with E-state index in [1.165, 1.54) is 33.6 Å². The molecule has 10 heteroatoms. The minimum atomic E-state index is -3.77. The number of fused-ring (bicyclic) bond motifs is 1. The van der Waals surface area contributed by atoms with Gasteiger partial charge in [0, 0.05) is 27.2 Å². The van der Waals surface area contributed by atoms with Gasteiger partial charge in [-0.15, -0.1) is 0 Å². The summed E-state index contributed by atoms with van der Waals surface area (Å²) in [4.78, 5) is 23.7. The second-order valence-corrected chi connectivity index (χ2v) is 7.45. The van der Waals surface area contributed by atoms with Crippen LogP contribution in [0.5, 0.6) is 0 Å². The van der Waals surface area contributed by atoms with Crippen LogP contribution in [-0.4, -0.2) is 36.5 Å². The number of sulfonamides is 1. The highest BCUT2D eigenvalue weighted by atomic mass is 32.2. The van der Waals surface area contributed by atoms with Crippen LogP contribution < -0.4 is 15.7 Å². The maximum atomic E-state index is 12.4. The molecule has 0 saturated heterocycles. The Morgan fingerprint density at radius 2 is 1.85 bits per heavy atom. The number of aromatic nitrogens is 2. The lowest BCUT2D eigenvalue weighted by molar-refractivity contribution is 0.0926. The summed E-state index contributed by atoms with van der Waals surface area (Å²) in [7, 11) is -0.567. The number of hydrogen-bond donors (Lipinski definition) is 2. The third kappa shape index (κ3) is 3.28. The fourth-order valence-corrected chi connectivity index (χ4v) is 3.64. The first-order valence-electron chi connectivity index (χ1n) is 7.78. The molecule has 3 rings (SSSR count). The second-order valence-electron chi connectivity index (χ2n) is 5.68. The first-order valence-corrected chi connectivity index (χ1v) is 9.26. The van der Waals surface area contributed by atoms with Gasteiger partial charge in [-0.05, 0) is 30.3 Å². The van der Waals surface area contributed by atoms with Gasteiger partial charge in [-0.1, -0.05) is 0 Å². The number of carbonyl (C=O) groups is 1. The molecule has 3 aromatic rings. The largest absolute Gasteiger partial charge is 0.459 e. The molecule has 0 saturated carbocycles. The zero-order valence-corrected chi connectivity index (χ0v) is 15.0. The zero-order valence-electron chi connectivity index (χ0n) is 14.2. The van der Waals surface area contributed by atoms with Gasteiger partial charge in [0.2, 0.25) is 10.0 Å². The first kappa shape index (κ1) is 18.0. The molecule has 1 amide bonds. The van der Waals surface area contributed by atoms with E-state index in [4.69, 9.17) is 4.42 Å². The van der Waals surface area contributed by atoms with Gasteiger partial charge in [-0.25, -0.2) is 17.9 Å². The molecule has 0 bridgehead atoms. The van der Waals surface area contributed by atoms with Gasteiger partial charge in [-0.2, -0.15) is 0 Å². The van der Waals surface area contributed by atoms with Crippen LogP contribution in [0.2, 0.25) is 0 Å². The van der Waals surface area contributed by atoms with Crippen molar-refractivity contribution < 1.29 is 17.6 Å². The summed E-state index contributed by atoms with van der Waals surface area (Å²) in [6.07, 6.45) is 1.38. The normalized spacial score (nSPS) is 11.8. The molecule has 0 fully saturated rings. The van der Waals surface area contributed by atoms with Gasteiger partial charge >= 0.3 is 5.69 Å². The summed E-state index contributed by atoms with van der Waals surface area (Å²) in [6, 6.07) is 7.57. The summed E-state index contributed by atoms with van der Waals surface area (Å²) in [6.45, 7) is 0.116. The van der Waals surface area contributed by atoms with E-state index in [-0.39, 0.29) is 29.4 Å². The van der Waals surface area contributed by atoms with E-state index in [1.54, 1.807) is 26.2 Å². The van der Waals surface area contributed by atoms with Crippen LogP contribution >= 0.6 is 0 Å². The van der Waals surface area contributed by atoms with Crippen molar-refractivity contribution in [3.63, 3.8) is 0 Å². The number of rotatable bonds is 6. The monoisotopic (exact) mass is 378 g/mol. The van der Waals surface area contributed by atoms with E-state index < -0.39 is 15.9 Å². The Hall–Kier alpha value is -2.85. The quantitative estimate of drug-likeness (QED) is 0.594. The topological polar surface area (TPSA) is 115 Å². The van der Waals surface area contributed by atoms with Crippen molar-refractivity contribution in [2.75, 3.05) is 13.1 Å². The van der Waals surface area contributed by atoms with Crippen LogP contribution in [0.25, 0.3) is 11.0 Å². The number of imidazole rings is 1. The second kappa shape index (κ2) is 6.81. The molecule has 2 aromatic heterocycles.